The molecule has 2 heterocycles. The number of nitrogens with two attached hydrogens (primary N) is 1. The number of hydrogen-bond donors (Lipinski definition) is 3. The summed E-state index contributed by atoms with van der Waals surface area (Å²) in [6, 6.07) is 8.04. The molecule has 0 saturated heterocycles. The molecule has 4 N–H and O–H groups in total. The molecular formula is C22H28N6O6. The van der Waals surface area contributed by atoms with Crippen molar-refractivity contribution in [3.8, 4) is 0 Å². The van der Waals surface area contributed by atoms with Gasteiger partial charge in [0.2, 0.25) is 5.95 Å². The first-order valence-corrected chi connectivity index (χ1v) is 10.8. The average molecular weight is 473 g/mol. The third-order valence-electron chi connectivity index (χ3n) is 5.41. The van der Waals surface area contributed by atoms with Crippen molar-refractivity contribution in [2.24, 2.45) is 5.92 Å². The minimum absolute atomic E-state index is 0.0129. The molecular weight excluding hydrogens is 444 g/mol. The Labute approximate surface area is 195 Å². The Morgan fingerprint density at radius 2 is 2.03 bits per heavy atom. The van der Waals surface area contributed by atoms with E-state index >= 15 is 0 Å². The van der Waals surface area contributed by atoms with Crippen LogP contribution in [0.2, 0.25) is 0 Å². The quantitative estimate of drug-likeness (QED) is 0.353. The summed E-state index contributed by atoms with van der Waals surface area (Å²) >= 11 is 0. The van der Waals surface area contributed by atoms with Crippen LogP contribution < -0.4 is 11.3 Å². The van der Waals surface area contributed by atoms with Gasteiger partial charge < -0.3 is 20.3 Å². The lowest BCUT2D eigenvalue weighted by Crippen LogP contribution is -2.50. The number of aromatic amines is 1. The van der Waals surface area contributed by atoms with Crippen LogP contribution in [-0.2, 0) is 27.6 Å². The molecule has 34 heavy (non-hydrogen) atoms. The number of nitrogens with zero attached hydrogens (tertiary/aromatic N) is 4. The number of rotatable bonds is 11. The van der Waals surface area contributed by atoms with Crippen LogP contribution in [0.15, 0.2) is 41.5 Å². The third-order valence-corrected chi connectivity index (χ3v) is 5.41. The van der Waals surface area contributed by atoms with Gasteiger partial charge in [-0.05, 0) is 11.5 Å². The van der Waals surface area contributed by atoms with Gasteiger partial charge in [-0.1, -0.05) is 50.6 Å². The summed E-state index contributed by atoms with van der Waals surface area (Å²) in [6.45, 7) is 3.61. The third kappa shape index (κ3) is 5.90. The molecule has 0 aliphatic carbocycles. The molecule has 12 nitrogen and oxygen atoms in total. The van der Waals surface area contributed by atoms with Crippen LogP contribution in [0, 0.1) is 5.92 Å². The number of H-pyrrole nitrogens is 1. The van der Waals surface area contributed by atoms with Gasteiger partial charge in [-0.3, -0.25) is 19.2 Å². The lowest BCUT2D eigenvalue weighted by atomic mass is 9.98. The highest BCUT2D eigenvalue weighted by atomic mass is 16.6. The Hall–Kier alpha value is -3.93. The van der Waals surface area contributed by atoms with E-state index in [1.165, 1.54) is 15.8 Å². The summed E-state index contributed by atoms with van der Waals surface area (Å²) in [4.78, 5) is 48.3. The maximum absolute atomic E-state index is 12.9. The van der Waals surface area contributed by atoms with Gasteiger partial charge >= 0.3 is 12.1 Å². The number of carboxylic acid groups (broad SMARTS) is 1. The molecule has 12 heteroatoms. The van der Waals surface area contributed by atoms with E-state index in [9.17, 15) is 19.5 Å². The fraction of sp³-hybridized carbons (Fsp3) is 0.409. The molecule has 0 bridgehead atoms. The van der Waals surface area contributed by atoms with Gasteiger partial charge in [0.25, 0.3) is 5.56 Å². The number of amides is 1. The highest BCUT2D eigenvalue weighted by molar-refractivity contribution is 5.80. The van der Waals surface area contributed by atoms with Crippen molar-refractivity contribution in [3.63, 3.8) is 0 Å². The first-order valence-electron chi connectivity index (χ1n) is 10.8. The summed E-state index contributed by atoms with van der Waals surface area (Å²) in [5.74, 6) is -1.48. The molecule has 0 spiro atoms. The number of carbonyl (C=O) groups is 2. The van der Waals surface area contributed by atoms with E-state index in [4.69, 9.17) is 15.2 Å². The van der Waals surface area contributed by atoms with Gasteiger partial charge in [-0.2, -0.15) is 4.98 Å². The van der Waals surface area contributed by atoms with E-state index in [0.29, 0.717) is 6.42 Å². The maximum Gasteiger partial charge on any atom is 0.410 e. The second kappa shape index (κ2) is 11.3. The predicted molar refractivity (Wildman–Crippen MR) is 123 cm³/mol. The molecule has 1 aromatic carbocycles. The Kier molecular flexibility index (Phi) is 8.19. The van der Waals surface area contributed by atoms with E-state index in [1.54, 1.807) is 6.92 Å². The van der Waals surface area contributed by atoms with Crippen LogP contribution in [0.4, 0.5) is 10.7 Å². The minimum Gasteiger partial charge on any atom is -0.480 e. The van der Waals surface area contributed by atoms with E-state index in [2.05, 4.69) is 15.0 Å². The maximum atomic E-state index is 12.9. The second-order valence-electron chi connectivity index (χ2n) is 7.78. The number of ether oxygens (including phenoxy) is 2. The van der Waals surface area contributed by atoms with E-state index in [0.717, 1.165) is 5.56 Å². The van der Waals surface area contributed by atoms with Gasteiger partial charge in [0, 0.05) is 6.54 Å². The molecule has 2 aromatic heterocycles. The Balaban J connectivity index is 1.67. The number of benzene rings is 1. The smallest absolute Gasteiger partial charge is 0.410 e. The first-order chi connectivity index (χ1) is 16.3. The average Bonchev–Trinajstić information content (AvgIpc) is 3.22. The van der Waals surface area contributed by atoms with Crippen molar-refractivity contribution < 1.29 is 24.2 Å². The number of aromatic nitrogens is 4. The van der Waals surface area contributed by atoms with E-state index in [-0.39, 0.29) is 49.5 Å². The number of hydrogen-bond acceptors (Lipinski definition) is 8. The highest BCUT2D eigenvalue weighted by Crippen LogP contribution is 2.17. The van der Waals surface area contributed by atoms with Gasteiger partial charge in [-0.25, -0.2) is 14.6 Å². The number of fused-ring (bicyclic) bond motifs is 1. The molecule has 3 aromatic rings. The topological polar surface area (TPSA) is 166 Å². The van der Waals surface area contributed by atoms with E-state index in [1.807, 2.05) is 37.3 Å². The van der Waals surface area contributed by atoms with Crippen molar-refractivity contribution in [1.29, 1.82) is 0 Å². The van der Waals surface area contributed by atoms with Crippen molar-refractivity contribution >= 4 is 29.2 Å². The van der Waals surface area contributed by atoms with Gasteiger partial charge in [0.05, 0.1) is 12.9 Å². The van der Waals surface area contributed by atoms with Crippen LogP contribution in [0.25, 0.3) is 11.2 Å². The highest BCUT2D eigenvalue weighted by Gasteiger charge is 2.34. The number of anilines is 1. The summed E-state index contributed by atoms with van der Waals surface area (Å²) in [7, 11) is 0. The Morgan fingerprint density at radius 1 is 1.29 bits per heavy atom. The van der Waals surface area contributed by atoms with Gasteiger partial charge in [0.1, 0.15) is 19.4 Å². The zero-order valence-corrected chi connectivity index (χ0v) is 19.0. The number of carbonyl (C=O) groups excluding carboxylic acids is 1. The monoisotopic (exact) mass is 472 g/mol. The number of carboxylic acids is 1. The standard InChI is InChI=1S/C22H28N6O6/c1-3-14(2)17(20(30)31)28(22(32)34-11-15-7-5-4-6-8-15)9-10-33-13-27-12-24-16-18(27)25-21(23)26-19(16)29/h4-8,12,14,17H,3,9-11,13H2,1-2H3,(H,30,31)(H3,23,25,26,29)/t14-,17-/m0/s1. The summed E-state index contributed by atoms with van der Waals surface area (Å²) in [5.41, 5.74) is 6.28. The van der Waals surface area contributed by atoms with E-state index < -0.39 is 23.7 Å². The van der Waals surface area contributed by atoms with Crippen molar-refractivity contribution in [2.45, 2.75) is 39.6 Å². The minimum atomic E-state index is -1.12. The Bertz CT molecular complexity index is 1180. The lowest BCUT2D eigenvalue weighted by molar-refractivity contribution is -0.145. The zero-order valence-electron chi connectivity index (χ0n) is 19.0. The molecule has 0 fully saturated rings. The fourth-order valence-corrected chi connectivity index (χ4v) is 3.44. The number of nitrogen functional groups attached to an aromatic ring is 1. The van der Waals surface area contributed by atoms with Crippen molar-refractivity contribution in [2.75, 3.05) is 18.9 Å². The normalized spacial score (nSPS) is 12.9. The van der Waals surface area contributed by atoms with Gasteiger partial charge in [-0.15, -0.1) is 0 Å². The molecule has 182 valence electrons. The van der Waals surface area contributed by atoms with Crippen LogP contribution >= 0.6 is 0 Å². The summed E-state index contributed by atoms with van der Waals surface area (Å²) in [6.07, 6.45) is 1.20. The van der Waals surface area contributed by atoms with Gasteiger partial charge in [0.15, 0.2) is 11.2 Å². The molecule has 1 amide bonds. The molecule has 0 unspecified atom stereocenters. The lowest BCUT2D eigenvalue weighted by Gasteiger charge is -2.31. The molecule has 0 saturated carbocycles. The molecule has 0 radical (unpaired) electrons. The second-order valence-corrected chi connectivity index (χ2v) is 7.78. The molecule has 0 aliphatic heterocycles. The molecule has 3 rings (SSSR count). The van der Waals surface area contributed by atoms with Crippen LogP contribution in [0.1, 0.15) is 25.8 Å². The zero-order chi connectivity index (χ0) is 24.7. The number of aliphatic carboxylic acids is 1. The molecule has 2 atom stereocenters. The molecule has 0 aliphatic rings. The van der Waals surface area contributed by atoms with Crippen molar-refractivity contribution in [1.82, 2.24) is 24.4 Å². The largest absolute Gasteiger partial charge is 0.480 e. The number of imidazole rings is 1. The Morgan fingerprint density at radius 3 is 2.71 bits per heavy atom. The van der Waals surface area contributed by atoms with Crippen LogP contribution in [-0.4, -0.2) is 60.8 Å². The SMILES string of the molecule is CC[C@H](C)[C@@H](C(=O)O)N(CCOCn1cnc2c(=O)[nH]c(N)nc21)C(=O)OCc1ccccc1. The predicted octanol–water partition coefficient (Wildman–Crippen LogP) is 1.81. The van der Waals surface area contributed by atoms with Crippen LogP contribution in [0.3, 0.4) is 0 Å². The number of nitrogens with one attached hydrogen (secondary N) is 1. The summed E-state index contributed by atoms with van der Waals surface area (Å²) < 4.78 is 12.5. The first kappa shape index (κ1) is 24.7. The fourth-order valence-electron chi connectivity index (χ4n) is 3.44. The van der Waals surface area contributed by atoms with Crippen LogP contribution in [0.5, 0.6) is 0 Å². The van der Waals surface area contributed by atoms with Crippen molar-refractivity contribution in [3.05, 3.63) is 52.6 Å². The summed E-state index contributed by atoms with van der Waals surface area (Å²) in [5, 5.41) is 9.80.